The molecule has 0 aliphatic rings. The fourth-order valence-corrected chi connectivity index (χ4v) is 2.58. The molecule has 0 saturated heterocycles. The molecule has 0 saturated carbocycles. The average molecular weight is 316 g/mol. The van der Waals surface area contributed by atoms with Crippen molar-refractivity contribution >= 4 is 23.9 Å². The minimum Gasteiger partial charge on any atom is -0.272 e. The lowest BCUT2D eigenvalue weighted by Crippen LogP contribution is -2.26. The zero-order chi connectivity index (χ0) is 15.9. The van der Waals surface area contributed by atoms with Crippen LogP contribution in [0.2, 0.25) is 0 Å². The second-order valence-corrected chi connectivity index (χ2v) is 6.28. The Balaban J connectivity index is 1.87. The lowest BCUT2D eigenvalue weighted by atomic mass is 10.2. The third-order valence-electron chi connectivity index (χ3n) is 2.94. The number of carbonyl (C=O) groups is 1. The number of aryl methyl sites for hydroxylation is 1. The van der Waals surface area contributed by atoms with E-state index in [-0.39, 0.29) is 17.0 Å². The Labute approximate surface area is 133 Å². The Hall–Kier alpha value is -2.14. The summed E-state index contributed by atoms with van der Waals surface area (Å²) in [6.45, 7) is 3.84. The molecule has 1 N–H and O–H groups in total. The van der Waals surface area contributed by atoms with Gasteiger partial charge in [0.1, 0.15) is 5.82 Å². The molecule has 114 valence electrons. The fraction of sp³-hybridized carbons (Fsp3) is 0.176. The van der Waals surface area contributed by atoms with E-state index < -0.39 is 0 Å². The molecule has 1 atom stereocenters. The predicted octanol–water partition coefficient (Wildman–Crippen LogP) is 3.77. The molecule has 2 rings (SSSR count). The quantitative estimate of drug-likeness (QED) is 0.518. The van der Waals surface area contributed by atoms with Crippen molar-refractivity contribution in [1.29, 1.82) is 0 Å². The number of nitrogens with one attached hydrogen (secondary N) is 1. The van der Waals surface area contributed by atoms with Crippen LogP contribution in [-0.4, -0.2) is 17.4 Å². The van der Waals surface area contributed by atoms with Gasteiger partial charge in [0.2, 0.25) is 0 Å². The van der Waals surface area contributed by atoms with Crippen LogP contribution in [0.15, 0.2) is 58.5 Å². The molecule has 0 unspecified atom stereocenters. The van der Waals surface area contributed by atoms with Gasteiger partial charge in [-0.3, -0.25) is 4.79 Å². The summed E-state index contributed by atoms with van der Waals surface area (Å²) in [6.07, 6.45) is 1.42. The lowest BCUT2D eigenvalue weighted by Gasteiger charge is -2.09. The van der Waals surface area contributed by atoms with Gasteiger partial charge in [-0.1, -0.05) is 29.8 Å². The van der Waals surface area contributed by atoms with E-state index in [0.29, 0.717) is 5.56 Å². The fourth-order valence-electron chi connectivity index (χ4n) is 1.72. The molecule has 5 heteroatoms. The topological polar surface area (TPSA) is 41.5 Å². The van der Waals surface area contributed by atoms with Gasteiger partial charge in [0.05, 0.1) is 11.5 Å². The van der Waals surface area contributed by atoms with Gasteiger partial charge in [0, 0.05) is 4.90 Å². The molecule has 0 aromatic heterocycles. The summed E-state index contributed by atoms with van der Waals surface area (Å²) in [5.41, 5.74) is 4.25. The van der Waals surface area contributed by atoms with Crippen LogP contribution in [0.3, 0.4) is 0 Å². The number of thioether (sulfide) groups is 1. The summed E-state index contributed by atoms with van der Waals surface area (Å²) in [5, 5.41) is 3.58. The Morgan fingerprint density at radius 2 is 2.00 bits per heavy atom. The number of hydrazone groups is 1. The molecular formula is C17H17FN2OS. The average Bonchev–Trinajstić information content (AvgIpc) is 2.49. The summed E-state index contributed by atoms with van der Waals surface area (Å²) in [4.78, 5) is 13.0. The van der Waals surface area contributed by atoms with E-state index in [1.54, 1.807) is 12.1 Å². The standard InChI is InChI=1S/C17H17FN2OS/c1-12-6-8-16(9-7-12)22-13(2)17(21)20-19-11-14-4-3-5-15(18)10-14/h3-11,13H,1-2H3,(H,20,21)/b19-11-/t13-/m0/s1. The van der Waals surface area contributed by atoms with Crippen LogP contribution in [0.25, 0.3) is 0 Å². The van der Waals surface area contributed by atoms with Crippen LogP contribution in [0.4, 0.5) is 4.39 Å². The van der Waals surface area contributed by atoms with E-state index in [1.807, 2.05) is 38.1 Å². The van der Waals surface area contributed by atoms with Crippen LogP contribution < -0.4 is 5.43 Å². The molecule has 22 heavy (non-hydrogen) atoms. The number of halogens is 1. The molecule has 0 fully saturated rings. The summed E-state index contributed by atoms with van der Waals surface area (Å²) >= 11 is 1.46. The SMILES string of the molecule is Cc1ccc(S[C@@H](C)C(=O)N/N=C\c2cccc(F)c2)cc1. The van der Waals surface area contributed by atoms with Crippen LogP contribution in [0.5, 0.6) is 0 Å². The number of nitrogens with zero attached hydrogens (tertiary/aromatic N) is 1. The molecule has 0 aliphatic carbocycles. The highest BCUT2D eigenvalue weighted by atomic mass is 32.2. The maximum absolute atomic E-state index is 13.0. The van der Waals surface area contributed by atoms with Crippen LogP contribution in [0, 0.1) is 12.7 Å². The number of rotatable bonds is 5. The molecule has 0 bridgehead atoms. The maximum atomic E-state index is 13.0. The van der Waals surface area contributed by atoms with Crippen molar-refractivity contribution in [2.24, 2.45) is 5.10 Å². The molecule has 0 spiro atoms. The monoisotopic (exact) mass is 316 g/mol. The number of hydrogen-bond acceptors (Lipinski definition) is 3. The van der Waals surface area contributed by atoms with Crippen molar-refractivity contribution in [1.82, 2.24) is 5.43 Å². The Bertz CT molecular complexity index is 671. The van der Waals surface area contributed by atoms with E-state index in [1.165, 1.54) is 35.7 Å². The second kappa shape index (κ2) is 7.75. The molecular weight excluding hydrogens is 299 g/mol. The molecule has 0 heterocycles. The minimum atomic E-state index is -0.335. The third-order valence-corrected chi connectivity index (χ3v) is 4.05. The van der Waals surface area contributed by atoms with E-state index >= 15 is 0 Å². The molecule has 2 aromatic carbocycles. The van der Waals surface area contributed by atoms with E-state index in [4.69, 9.17) is 0 Å². The first kappa shape index (κ1) is 16.2. The zero-order valence-corrected chi connectivity index (χ0v) is 13.2. The molecule has 2 aromatic rings. The van der Waals surface area contributed by atoms with Crippen LogP contribution in [-0.2, 0) is 4.79 Å². The van der Waals surface area contributed by atoms with E-state index in [0.717, 1.165) is 4.90 Å². The first-order valence-electron chi connectivity index (χ1n) is 6.86. The van der Waals surface area contributed by atoms with Gasteiger partial charge in [-0.2, -0.15) is 5.10 Å². The van der Waals surface area contributed by atoms with Gasteiger partial charge in [-0.05, 0) is 43.7 Å². The summed E-state index contributed by atoms with van der Waals surface area (Å²) < 4.78 is 13.0. The van der Waals surface area contributed by atoms with E-state index in [2.05, 4.69) is 10.5 Å². The van der Waals surface area contributed by atoms with Gasteiger partial charge in [-0.15, -0.1) is 11.8 Å². The number of amides is 1. The molecule has 3 nitrogen and oxygen atoms in total. The largest absolute Gasteiger partial charge is 0.272 e. The number of carbonyl (C=O) groups excluding carboxylic acids is 1. The van der Waals surface area contributed by atoms with Crippen molar-refractivity contribution in [3.63, 3.8) is 0 Å². The van der Waals surface area contributed by atoms with Gasteiger partial charge in [-0.25, -0.2) is 9.82 Å². The highest BCUT2D eigenvalue weighted by Gasteiger charge is 2.13. The van der Waals surface area contributed by atoms with Gasteiger partial charge in [0.15, 0.2) is 0 Å². The Morgan fingerprint density at radius 3 is 2.68 bits per heavy atom. The summed E-state index contributed by atoms with van der Waals surface area (Å²) in [5.74, 6) is -0.531. The van der Waals surface area contributed by atoms with Crippen LogP contribution in [0.1, 0.15) is 18.1 Å². The second-order valence-electron chi connectivity index (χ2n) is 4.86. The lowest BCUT2D eigenvalue weighted by molar-refractivity contribution is -0.120. The predicted molar refractivity (Wildman–Crippen MR) is 88.6 cm³/mol. The first-order valence-corrected chi connectivity index (χ1v) is 7.74. The molecule has 0 aliphatic heterocycles. The maximum Gasteiger partial charge on any atom is 0.253 e. The van der Waals surface area contributed by atoms with Crippen molar-refractivity contribution < 1.29 is 9.18 Å². The Kier molecular flexibility index (Phi) is 5.72. The van der Waals surface area contributed by atoms with Gasteiger partial charge in [0.25, 0.3) is 5.91 Å². The number of hydrogen-bond donors (Lipinski definition) is 1. The van der Waals surface area contributed by atoms with Gasteiger partial charge < -0.3 is 0 Å². The third kappa shape index (κ3) is 5.00. The molecule has 0 radical (unpaired) electrons. The smallest absolute Gasteiger partial charge is 0.253 e. The highest BCUT2D eigenvalue weighted by molar-refractivity contribution is 8.00. The Morgan fingerprint density at radius 1 is 1.27 bits per heavy atom. The number of benzene rings is 2. The summed E-state index contributed by atoms with van der Waals surface area (Å²) in [7, 11) is 0. The van der Waals surface area contributed by atoms with Crippen molar-refractivity contribution in [3.05, 3.63) is 65.5 Å². The zero-order valence-electron chi connectivity index (χ0n) is 12.4. The van der Waals surface area contributed by atoms with Crippen LogP contribution >= 0.6 is 11.8 Å². The van der Waals surface area contributed by atoms with E-state index in [9.17, 15) is 9.18 Å². The summed E-state index contributed by atoms with van der Waals surface area (Å²) in [6, 6.07) is 14.0. The van der Waals surface area contributed by atoms with Crippen molar-refractivity contribution in [2.75, 3.05) is 0 Å². The van der Waals surface area contributed by atoms with Gasteiger partial charge >= 0.3 is 0 Å². The van der Waals surface area contributed by atoms with Crippen molar-refractivity contribution in [3.8, 4) is 0 Å². The highest BCUT2D eigenvalue weighted by Crippen LogP contribution is 2.23. The minimum absolute atomic E-state index is 0.196. The van der Waals surface area contributed by atoms with Crippen molar-refractivity contribution in [2.45, 2.75) is 24.0 Å². The first-order chi connectivity index (χ1) is 10.5. The molecule has 1 amide bonds. The normalized spacial score (nSPS) is 12.3.